The maximum Gasteiger partial charge on any atom is 0.191 e. The van der Waals surface area contributed by atoms with Crippen molar-refractivity contribution in [3.8, 4) is 0 Å². The fourth-order valence-electron chi connectivity index (χ4n) is 3.03. The molecule has 28 heavy (non-hydrogen) atoms. The molecular weight excluding hydrogens is 472 g/mol. The van der Waals surface area contributed by atoms with E-state index >= 15 is 0 Å². The van der Waals surface area contributed by atoms with E-state index in [1.807, 2.05) is 25.1 Å². The number of benzene rings is 1. The molecule has 1 saturated heterocycles. The van der Waals surface area contributed by atoms with E-state index in [-0.39, 0.29) is 29.8 Å². The summed E-state index contributed by atoms with van der Waals surface area (Å²) in [6, 6.07) is 5.24. The third-order valence-corrected chi connectivity index (χ3v) is 4.41. The predicted molar refractivity (Wildman–Crippen MR) is 124 cm³/mol. The van der Waals surface area contributed by atoms with E-state index in [9.17, 15) is 4.39 Å². The highest BCUT2D eigenvalue weighted by Crippen LogP contribution is 2.13. The minimum absolute atomic E-state index is 0. The standard InChI is InChI=1S/C20H34FN5O.HI/c1-4-22-20(23-8-5-9-26-10-12-27-13-11-26)24-15-17-6-7-19(21)18(14-17)16-25(2)3;/h6-7,14H,4-5,8-13,15-16H2,1-3H3,(H2,22,23,24);1H. The number of nitrogens with one attached hydrogen (secondary N) is 2. The van der Waals surface area contributed by atoms with Gasteiger partial charge in [-0.05, 0) is 51.7 Å². The molecule has 0 spiro atoms. The van der Waals surface area contributed by atoms with Gasteiger partial charge in [-0.3, -0.25) is 4.90 Å². The van der Waals surface area contributed by atoms with Crippen molar-refractivity contribution >= 4 is 29.9 Å². The van der Waals surface area contributed by atoms with Crippen LogP contribution in [-0.4, -0.2) is 75.8 Å². The summed E-state index contributed by atoms with van der Waals surface area (Å²) >= 11 is 0. The van der Waals surface area contributed by atoms with E-state index in [2.05, 4.69) is 27.4 Å². The van der Waals surface area contributed by atoms with Crippen LogP contribution in [0.2, 0.25) is 0 Å². The summed E-state index contributed by atoms with van der Waals surface area (Å²) in [7, 11) is 3.88. The molecule has 160 valence electrons. The van der Waals surface area contributed by atoms with Gasteiger partial charge in [0.1, 0.15) is 5.82 Å². The quantitative estimate of drug-likeness (QED) is 0.233. The largest absolute Gasteiger partial charge is 0.379 e. The van der Waals surface area contributed by atoms with Gasteiger partial charge in [0, 0.05) is 38.3 Å². The Bertz CT molecular complexity index is 594. The van der Waals surface area contributed by atoms with Crippen molar-refractivity contribution in [3.05, 3.63) is 35.1 Å². The summed E-state index contributed by atoms with van der Waals surface area (Å²) in [5, 5.41) is 6.66. The van der Waals surface area contributed by atoms with E-state index < -0.39 is 0 Å². The van der Waals surface area contributed by atoms with Crippen LogP contribution in [0.4, 0.5) is 4.39 Å². The maximum atomic E-state index is 13.9. The molecule has 6 nitrogen and oxygen atoms in total. The molecule has 0 amide bonds. The lowest BCUT2D eigenvalue weighted by molar-refractivity contribution is 0.0376. The lowest BCUT2D eigenvalue weighted by Crippen LogP contribution is -2.40. The first kappa shape index (κ1) is 25.1. The molecule has 1 aliphatic heterocycles. The van der Waals surface area contributed by atoms with Crippen molar-refractivity contribution in [1.29, 1.82) is 0 Å². The third-order valence-electron chi connectivity index (χ3n) is 4.41. The monoisotopic (exact) mass is 507 g/mol. The molecule has 2 N–H and O–H groups in total. The van der Waals surface area contributed by atoms with Crippen molar-refractivity contribution in [3.63, 3.8) is 0 Å². The third kappa shape index (κ3) is 9.49. The lowest BCUT2D eigenvalue weighted by Gasteiger charge is -2.26. The fourth-order valence-corrected chi connectivity index (χ4v) is 3.03. The molecule has 1 fully saturated rings. The number of aliphatic imine (C=N–C) groups is 1. The second-order valence-electron chi connectivity index (χ2n) is 7.09. The van der Waals surface area contributed by atoms with Crippen LogP contribution < -0.4 is 10.6 Å². The summed E-state index contributed by atoms with van der Waals surface area (Å²) in [4.78, 5) is 9.04. The smallest absolute Gasteiger partial charge is 0.191 e. The van der Waals surface area contributed by atoms with Gasteiger partial charge in [0.2, 0.25) is 0 Å². The molecule has 0 aromatic heterocycles. The zero-order chi connectivity index (χ0) is 19.5. The minimum atomic E-state index is -0.162. The number of halogens is 2. The highest BCUT2D eigenvalue weighted by atomic mass is 127. The zero-order valence-electron chi connectivity index (χ0n) is 17.3. The maximum absolute atomic E-state index is 13.9. The van der Waals surface area contributed by atoms with Crippen LogP contribution in [0.15, 0.2) is 23.2 Å². The molecule has 0 atom stereocenters. The Morgan fingerprint density at radius 2 is 2.00 bits per heavy atom. The first-order chi connectivity index (χ1) is 13.1. The van der Waals surface area contributed by atoms with Crippen LogP contribution in [0.25, 0.3) is 0 Å². The molecule has 8 heteroatoms. The number of hydrogen-bond donors (Lipinski definition) is 2. The molecule has 2 rings (SSSR count). The van der Waals surface area contributed by atoms with Gasteiger partial charge in [0.05, 0.1) is 19.8 Å². The van der Waals surface area contributed by atoms with E-state index in [1.54, 1.807) is 6.07 Å². The normalized spacial score (nSPS) is 15.4. The Kier molecular flexibility index (Phi) is 12.6. The average Bonchev–Trinajstić information content (AvgIpc) is 2.66. The molecule has 0 saturated carbocycles. The Morgan fingerprint density at radius 3 is 2.68 bits per heavy atom. The zero-order valence-corrected chi connectivity index (χ0v) is 19.7. The van der Waals surface area contributed by atoms with E-state index in [0.717, 1.165) is 63.9 Å². The summed E-state index contributed by atoms with van der Waals surface area (Å²) in [6.07, 6.45) is 1.06. The van der Waals surface area contributed by atoms with Gasteiger partial charge in [-0.25, -0.2) is 9.38 Å². The van der Waals surface area contributed by atoms with Gasteiger partial charge in [0.15, 0.2) is 5.96 Å². The molecule has 0 radical (unpaired) electrons. The number of rotatable bonds is 9. The SMILES string of the molecule is CCNC(=NCc1ccc(F)c(CN(C)C)c1)NCCCN1CCOCC1.I. The second kappa shape index (κ2) is 14.1. The van der Waals surface area contributed by atoms with Crippen molar-refractivity contribution in [2.75, 3.05) is 60.0 Å². The van der Waals surface area contributed by atoms with Gasteiger partial charge in [0.25, 0.3) is 0 Å². The summed E-state index contributed by atoms with van der Waals surface area (Å²) in [6.45, 7) is 9.64. The van der Waals surface area contributed by atoms with E-state index in [0.29, 0.717) is 18.7 Å². The van der Waals surface area contributed by atoms with Crippen molar-refractivity contribution in [2.45, 2.75) is 26.4 Å². The van der Waals surface area contributed by atoms with E-state index in [1.165, 1.54) is 6.07 Å². The van der Waals surface area contributed by atoms with Crippen LogP contribution in [0.1, 0.15) is 24.5 Å². The van der Waals surface area contributed by atoms with Gasteiger partial charge < -0.3 is 20.3 Å². The Balaban J connectivity index is 0.00000392. The highest BCUT2D eigenvalue weighted by Gasteiger charge is 2.09. The van der Waals surface area contributed by atoms with Crippen molar-refractivity contribution in [2.24, 2.45) is 4.99 Å². The average molecular weight is 507 g/mol. The summed E-state index contributed by atoms with van der Waals surface area (Å²) in [5.41, 5.74) is 1.72. The minimum Gasteiger partial charge on any atom is -0.379 e. The molecule has 0 aliphatic carbocycles. The summed E-state index contributed by atoms with van der Waals surface area (Å²) < 4.78 is 19.3. The van der Waals surface area contributed by atoms with Crippen LogP contribution in [0.5, 0.6) is 0 Å². The highest BCUT2D eigenvalue weighted by molar-refractivity contribution is 14.0. The number of guanidine groups is 1. The lowest BCUT2D eigenvalue weighted by atomic mass is 10.1. The van der Waals surface area contributed by atoms with Crippen molar-refractivity contribution < 1.29 is 9.13 Å². The summed E-state index contributed by atoms with van der Waals surface area (Å²) in [5.74, 6) is 0.641. The van der Waals surface area contributed by atoms with Crippen LogP contribution >= 0.6 is 24.0 Å². The van der Waals surface area contributed by atoms with Gasteiger partial charge in [-0.15, -0.1) is 24.0 Å². The Labute approximate surface area is 185 Å². The first-order valence-corrected chi connectivity index (χ1v) is 9.82. The first-order valence-electron chi connectivity index (χ1n) is 9.82. The van der Waals surface area contributed by atoms with Crippen LogP contribution in [0.3, 0.4) is 0 Å². The molecule has 0 bridgehead atoms. The predicted octanol–water partition coefficient (Wildman–Crippen LogP) is 2.28. The van der Waals surface area contributed by atoms with Crippen LogP contribution in [-0.2, 0) is 17.8 Å². The molecular formula is C20H35FIN5O. The Morgan fingerprint density at radius 1 is 1.25 bits per heavy atom. The number of morpholine rings is 1. The van der Waals surface area contributed by atoms with Gasteiger partial charge >= 0.3 is 0 Å². The topological polar surface area (TPSA) is 52.1 Å². The number of nitrogens with zero attached hydrogens (tertiary/aromatic N) is 3. The molecule has 1 heterocycles. The second-order valence-corrected chi connectivity index (χ2v) is 7.09. The van der Waals surface area contributed by atoms with E-state index in [4.69, 9.17) is 4.74 Å². The molecule has 1 aliphatic rings. The fraction of sp³-hybridized carbons (Fsp3) is 0.650. The van der Waals surface area contributed by atoms with Crippen LogP contribution in [0, 0.1) is 5.82 Å². The Hall–Kier alpha value is -0.970. The number of ether oxygens (including phenoxy) is 1. The van der Waals surface area contributed by atoms with Gasteiger partial charge in [-0.1, -0.05) is 6.07 Å². The van der Waals surface area contributed by atoms with Crippen molar-refractivity contribution in [1.82, 2.24) is 20.4 Å². The molecule has 1 aromatic carbocycles. The molecule has 1 aromatic rings. The number of hydrogen-bond acceptors (Lipinski definition) is 4. The van der Waals surface area contributed by atoms with Gasteiger partial charge in [-0.2, -0.15) is 0 Å². The molecule has 0 unspecified atom stereocenters.